The summed E-state index contributed by atoms with van der Waals surface area (Å²) in [6, 6.07) is 6.93. The largest absolute Gasteiger partial charge is 0.322 e. The summed E-state index contributed by atoms with van der Waals surface area (Å²) in [5, 5.41) is 2.95. The molecule has 1 aliphatic rings. The maximum Gasteiger partial charge on any atom is 0.258 e. The molecule has 9 heteroatoms. The smallest absolute Gasteiger partial charge is 0.258 e. The standard InChI is InChI=1S/C23H29N5O3S/c1-4-13-32(30,31)27-19-10-8-9-18(16(19)3)25-23(29)17-14-15(2)24-22-21(17)26-20-11-6-5-7-12-28(20)22/h8-10,14,27H,4-7,11-13H2,1-3H3,(H,25,29). The van der Waals surface area contributed by atoms with Gasteiger partial charge >= 0.3 is 0 Å². The number of aryl methyl sites for hydroxylation is 3. The van der Waals surface area contributed by atoms with Crippen LogP contribution in [0.4, 0.5) is 11.4 Å². The number of carbonyl (C=O) groups excluding carboxylic acids is 1. The van der Waals surface area contributed by atoms with Crippen LogP contribution in [0.15, 0.2) is 24.3 Å². The molecule has 0 atom stereocenters. The Morgan fingerprint density at radius 3 is 2.69 bits per heavy atom. The van der Waals surface area contributed by atoms with E-state index in [2.05, 4.69) is 19.6 Å². The van der Waals surface area contributed by atoms with Crippen molar-refractivity contribution in [3.63, 3.8) is 0 Å². The highest BCUT2D eigenvalue weighted by Gasteiger charge is 2.21. The van der Waals surface area contributed by atoms with Gasteiger partial charge in [0.05, 0.1) is 17.0 Å². The van der Waals surface area contributed by atoms with E-state index in [1.165, 1.54) is 6.42 Å². The molecule has 0 spiro atoms. The molecule has 0 bridgehead atoms. The summed E-state index contributed by atoms with van der Waals surface area (Å²) in [4.78, 5) is 22.7. The maximum absolute atomic E-state index is 13.3. The fourth-order valence-corrected chi connectivity index (χ4v) is 5.34. The third kappa shape index (κ3) is 4.48. The average molecular weight is 456 g/mol. The second-order valence-electron chi connectivity index (χ2n) is 8.33. The summed E-state index contributed by atoms with van der Waals surface area (Å²) >= 11 is 0. The molecule has 0 fully saturated rings. The van der Waals surface area contributed by atoms with E-state index in [1.807, 2.05) is 13.8 Å². The summed E-state index contributed by atoms with van der Waals surface area (Å²) in [7, 11) is -3.43. The molecule has 0 radical (unpaired) electrons. The molecule has 3 aromatic rings. The molecule has 0 saturated carbocycles. The molecule has 2 N–H and O–H groups in total. The van der Waals surface area contributed by atoms with Gasteiger partial charge < -0.3 is 9.88 Å². The second kappa shape index (κ2) is 8.90. The first-order valence-corrected chi connectivity index (χ1v) is 12.7. The van der Waals surface area contributed by atoms with E-state index in [-0.39, 0.29) is 11.7 Å². The van der Waals surface area contributed by atoms with Gasteiger partial charge in [0.15, 0.2) is 5.65 Å². The molecule has 2 aromatic heterocycles. The van der Waals surface area contributed by atoms with Crippen molar-refractivity contribution in [3.05, 3.63) is 46.9 Å². The summed E-state index contributed by atoms with van der Waals surface area (Å²) in [5.41, 5.74) is 4.27. The molecule has 1 aromatic carbocycles. The van der Waals surface area contributed by atoms with Crippen molar-refractivity contribution in [2.75, 3.05) is 15.8 Å². The van der Waals surface area contributed by atoms with E-state index < -0.39 is 10.0 Å². The van der Waals surface area contributed by atoms with Crippen LogP contribution in [0.2, 0.25) is 0 Å². The number of sulfonamides is 1. The van der Waals surface area contributed by atoms with Gasteiger partial charge in [-0.2, -0.15) is 0 Å². The van der Waals surface area contributed by atoms with Crippen LogP contribution in [0.5, 0.6) is 0 Å². The van der Waals surface area contributed by atoms with Crippen molar-refractivity contribution >= 4 is 38.5 Å². The van der Waals surface area contributed by atoms with Crippen LogP contribution in [0.3, 0.4) is 0 Å². The predicted molar refractivity (Wildman–Crippen MR) is 127 cm³/mol. The lowest BCUT2D eigenvalue weighted by atomic mass is 10.1. The lowest BCUT2D eigenvalue weighted by molar-refractivity contribution is 0.102. The second-order valence-corrected chi connectivity index (χ2v) is 10.2. The highest BCUT2D eigenvalue weighted by atomic mass is 32.2. The highest BCUT2D eigenvalue weighted by Crippen LogP contribution is 2.27. The molecule has 32 heavy (non-hydrogen) atoms. The topological polar surface area (TPSA) is 106 Å². The van der Waals surface area contributed by atoms with Crippen molar-refractivity contribution in [1.29, 1.82) is 0 Å². The summed E-state index contributed by atoms with van der Waals surface area (Å²) in [6.07, 6.45) is 4.74. The highest BCUT2D eigenvalue weighted by molar-refractivity contribution is 7.92. The molecule has 3 heterocycles. The first kappa shape index (κ1) is 22.3. The first-order chi connectivity index (χ1) is 15.3. The summed E-state index contributed by atoms with van der Waals surface area (Å²) < 4.78 is 29.1. The molecule has 1 aliphatic heterocycles. The monoisotopic (exact) mass is 455 g/mol. The fourth-order valence-electron chi connectivity index (χ4n) is 4.15. The Kier molecular flexibility index (Phi) is 6.19. The van der Waals surface area contributed by atoms with Gasteiger partial charge in [-0.05, 0) is 56.9 Å². The van der Waals surface area contributed by atoms with Gasteiger partial charge in [0, 0.05) is 24.3 Å². The van der Waals surface area contributed by atoms with Crippen molar-refractivity contribution < 1.29 is 13.2 Å². The quantitative estimate of drug-likeness (QED) is 0.580. The molecule has 4 rings (SSSR count). The van der Waals surface area contributed by atoms with E-state index in [1.54, 1.807) is 31.2 Å². The van der Waals surface area contributed by atoms with Crippen LogP contribution in [0, 0.1) is 13.8 Å². The molecule has 170 valence electrons. The average Bonchev–Trinajstić information content (AvgIpc) is 2.91. The normalized spacial score (nSPS) is 14.1. The zero-order chi connectivity index (χ0) is 22.9. The van der Waals surface area contributed by atoms with E-state index >= 15 is 0 Å². The lowest BCUT2D eigenvalue weighted by Gasteiger charge is -2.14. The molecular weight excluding hydrogens is 426 g/mol. The fraction of sp³-hybridized carbons (Fsp3) is 0.435. The lowest BCUT2D eigenvalue weighted by Crippen LogP contribution is -2.18. The van der Waals surface area contributed by atoms with Gasteiger partial charge in [-0.1, -0.05) is 19.4 Å². The molecular formula is C23H29N5O3S. The number of carbonyl (C=O) groups is 1. The minimum Gasteiger partial charge on any atom is -0.322 e. The van der Waals surface area contributed by atoms with Crippen LogP contribution >= 0.6 is 0 Å². The number of pyridine rings is 1. The number of imidazole rings is 1. The number of amides is 1. The Bertz CT molecular complexity index is 1280. The number of anilines is 2. The summed E-state index contributed by atoms with van der Waals surface area (Å²) in [5.74, 6) is 0.737. The molecule has 8 nitrogen and oxygen atoms in total. The van der Waals surface area contributed by atoms with Crippen LogP contribution in [0.25, 0.3) is 11.2 Å². The van der Waals surface area contributed by atoms with Crippen LogP contribution in [-0.4, -0.2) is 34.6 Å². The third-order valence-electron chi connectivity index (χ3n) is 5.76. The number of hydrogen-bond donors (Lipinski definition) is 2. The predicted octanol–water partition coefficient (Wildman–Crippen LogP) is 4.18. The van der Waals surface area contributed by atoms with Crippen molar-refractivity contribution in [2.45, 2.75) is 59.4 Å². The van der Waals surface area contributed by atoms with E-state index in [4.69, 9.17) is 4.98 Å². The van der Waals surface area contributed by atoms with Gasteiger partial charge in [0.1, 0.15) is 11.3 Å². The van der Waals surface area contributed by atoms with Crippen LogP contribution in [0.1, 0.15) is 60.0 Å². The third-order valence-corrected chi connectivity index (χ3v) is 7.23. The first-order valence-electron chi connectivity index (χ1n) is 11.1. The Hall–Kier alpha value is -2.94. The van der Waals surface area contributed by atoms with Crippen LogP contribution < -0.4 is 10.0 Å². The number of hydrogen-bond acceptors (Lipinski definition) is 5. The maximum atomic E-state index is 13.3. The minimum atomic E-state index is -3.43. The Morgan fingerprint density at radius 2 is 1.91 bits per heavy atom. The molecule has 0 saturated heterocycles. The number of aromatic nitrogens is 3. The van der Waals surface area contributed by atoms with Gasteiger partial charge in [-0.15, -0.1) is 0 Å². The molecule has 0 aliphatic carbocycles. The van der Waals surface area contributed by atoms with E-state index in [0.29, 0.717) is 34.4 Å². The Balaban J connectivity index is 1.67. The number of rotatable bonds is 6. The minimum absolute atomic E-state index is 0.0439. The van der Waals surface area contributed by atoms with Gasteiger partial charge in [-0.25, -0.2) is 18.4 Å². The number of benzene rings is 1. The van der Waals surface area contributed by atoms with E-state index in [9.17, 15) is 13.2 Å². The Morgan fingerprint density at radius 1 is 1.12 bits per heavy atom. The zero-order valence-corrected chi connectivity index (χ0v) is 19.6. The Labute approximate surface area is 188 Å². The molecule has 1 amide bonds. The number of nitrogens with zero attached hydrogens (tertiary/aromatic N) is 3. The van der Waals surface area contributed by atoms with Gasteiger partial charge in [0.2, 0.25) is 10.0 Å². The van der Waals surface area contributed by atoms with Gasteiger partial charge in [-0.3, -0.25) is 9.52 Å². The number of nitrogens with one attached hydrogen (secondary N) is 2. The van der Waals surface area contributed by atoms with Crippen molar-refractivity contribution in [2.24, 2.45) is 0 Å². The summed E-state index contributed by atoms with van der Waals surface area (Å²) in [6.45, 7) is 6.34. The number of fused-ring (bicyclic) bond motifs is 3. The van der Waals surface area contributed by atoms with Crippen molar-refractivity contribution in [3.8, 4) is 0 Å². The van der Waals surface area contributed by atoms with Gasteiger partial charge in [0.25, 0.3) is 5.91 Å². The van der Waals surface area contributed by atoms with Crippen molar-refractivity contribution in [1.82, 2.24) is 14.5 Å². The molecule has 0 unspecified atom stereocenters. The van der Waals surface area contributed by atoms with Crippen LogP contribution in [-0.2, 0) is 23.0 Å². The SMILES string of the molecule is CCCS(=O)(=O)Nc1cccc(NC(=O)c2cc(C)nc3c2nc2n3CCCCC2)c1C. The zero-order valence-electron chi connectivity index (χ0n) is 18.7. The van der Waals surface area contributed by atoms with E-state index in [0.717, 1.165) is 43.0 Å².